The third-order valence-electron chi connectivity index (χ3n) is 3.23. The number of carboxylic acids is 1. The average molecular weight is 345 g/mol. The maximum atomic E-state index is 11.1. The summed E-state index contributed by atoms with van der Waals surface area (Å²) in [4.78, 5) is 11.1. The number of rotatable bonds is 3. The molecule has 0 radical (unpaired) electrons. The van der Waals surface area contributed by atoms with Crippen LogP contribution in [0.15, 0.2) is 10.5 Å². The van der Waals surface area contributed by atoms with Gasteiger partial charge in [0.25, 0.3) is 0 Å². The number of phenols is 1. The van der Waals surface area contributed by atoms with Crippen LogP contribution in [-0.2, 0) is 10.2 Å². The second kappa shape index (κ2) is 5.52. The van der Waals surface area contributed by atoms with Crippen molar-refractivity contribution in [3.05, 3.63) is 16.1 Å². The highest BCUT2D eigenvalue weighted by atomic mass is 79.9. The molecule has 0 saturated carbocycles. The van der Waals surface area contributed by atoms with Gasteiger partial charge in [-0.05, 0) is 15.9 Å². The minimum atomic E-state index is -0.933. The second-order valence-electron chi connectivity index (χ2n) is 5.41. The van der Waals surface area contributed by atoms with E-state index in [1.54, 1.807) is 19.9 Å². The van der Waals surface area contributed by atoms with Crippen molar-refractivity contribution >= 4 is 21.9 Å². The summed E-state index contributed by atoms with van der Waals surface area (Å²) in [5.74, 6) is 0.0354. The van der Waals surface area contributed by atoms with Crippen LogP contribution in [0.25, 0.3) is 0 Å². The lowest BCUT2D eigenvalue weighted by molar-refractivity contribution is -0.138. The molecule has 2 N–H and O–H groups in total. The maximum Gasteiger partial charge on any atom is 0.304 e. The monoisotopic (exact) mass is 344 g/mol. The topological polar surface area (TPSA) is 76.0 Å². The third kappa shape index (κ3) is 2.85. The number of carboxylic acid groups (broad SMARTS) is 1. The molecule has 110 valence electrons. The number of ether oxygens (including phenoxy) is 2. The summed E-state index contributed by atoms with van der Waals surface area (Å²) >= 11 is 3.28. The van der Waals surface area contributed by atoms with Gasteiger partial charge in [-0.25, -0.2) is 0 Å². The molecule has 1 aliphatic rings. The van der Waals surface area contributed by atoms with Gasteiger partial charge in [-0.15, -0.1) is 0 Å². The number of hydrogen-bond acceptors (Lipinski definition) is 4. The van der Waals surface area contributed by atoms with Gasteiger partial charge < -0.3 is 19.7 Å². The predicted molar refractivity (Wildman–Crippen MR) is 76.7 cm³/mol. The van der Waals surface area contributed by atoms with Crippen molar-refractivity contribution in [3.63, 3.8) is 0 Å². The molecular formula is C14H17BrO5. The highest BCUT2D eigenvalue weighted by molar-refractivity contribution is 9.10. The van der Waals surface area contributed by atoms with E-state index in [1.807, 2.05) is 0 Å². The van der Waals surface area contributed by atoms with Gasteiger partial charge in [0.05, 0.1) is 24.1 Å². The average Bonchev–Trinajstić information content (AvgIpc) is 2.53. The Hall–Kier alpha value is -1.43. The Morgan fingerprint density at radius 2 is 2.05 bits per heavy atom. The highest BCUT2D eigenvalue weighted by Crippen LogP contribution is 2.49. The first-order valence-corrected chi connectivity index (χ1v) is 7.15. The fourth-order valence-electron chi connectivity index (χ4n) is 2.36. The summed E-state index contributed by atoms with van der Waals surface area (Å²) in [6.07, 6.45) is 0.624. The van der Waals surface area contributed by atoms with Gasteiger partial charge in [-0.3, -0.25) is 4.79 Å². The van der Waals surface area contributed by atoms with E-state index in [1.165, 1.54) is 0 Å². The molecule has 0 unspecified atom stereocenters. The number of aromatic hydroxyl groups is 1. The van der Waals surface area contributed by atoms with Crippen molar-refractivity contribution in [1.82, 2.24) is 0 Å². The van der Waals surface area contributed by atoms with Gasteiger partial charge in [0, 0.05) is 23.5 Å². The summed E-state index contributed by atoms with van der Waals surface area (Å²) in [5.41, 5.74) is -0.316. The first-order valence-electron chi connectivity index (χ1n) is 6.36. The Morgan fingerprint density at radius 1 is 1.40 bits per heavy atom. The van der Waals surface area contributed by atoms with Crippen LogP contribution >= 0.6 is 15.9 Å². The summed E-state index contributed by atoms with van der Waals surface area (Å²) < 4.78 is 11.8. The van der Waals surface area contributed by atoms with E-state index in [2.05, 4.69) is 15.9 Å². The van der Waals surface area contributed by atoms with Crippen LogP contribution < -0.4 is 9.47 Å². The molecule has 0 saturated heterocycles. The molecule has 0 atom stereocenters. The maximum absolute atomic E-state index is 11.1. The van der Waals surface area contributed by atoms with Crippen molar-refractivity contribution in [2.24, 2.45) is 0 Å². The fourth-order valence-corrected chi connectivity index (χ4v) is 2.77. The number of hydrogen-bond donors (Lipinski definition) is 2. The zero-order valence-corrected chi connectivity index (χ0v) is 13.0. The van der Waals surface area contributed by atoms with E-state index in [0.717, 1.165) is 6.42 Å². The van der Waals surface area contributed by atoms with E-state index in [-0.39, 0.29) is 12.2 Å². The lowest BCUT2D eigenvalue weighted by Gasteiger charge is -2.27. The van der Waals surface area contributed by atoms with Crippen LogP contribution in [0, 0.1) is 0 Å². The number of aliphatic carboxylic acids is 1. The summed E-state index contributed by atoms with van der Waals surface area (Å²) in [7, 11) is 0. The Bertz CT molecular complexity index is 539. The molecule has 0 fully saturated rings. The van der Waals surface area contributed by atoms with Crippen molar-refractivity contribution < 1.29 is 24.5 Å². The van der Waals surface area contributed by atoms with Gasteiger partial charge in [-0.2, -0.15) is 0 Å². The Morgan fingerprint density at radius 3 is 2.70 bits per heavy atom. The van der Waals surface area contributed by atoms with Crippen LogP contribution in [-0.4, -0.2) is 29.4 Å². The lowest BCUT2D eigenvalue weighted by Crippen LogP contribution is -2.23. The van der Waals surface area contributed by atoms with E-state index >= 15 is 0 Å². The molecule has 6 heteroatoms. The normalized spacial score (nSPS) is 14.8. The summed E-state index contributed by atoms with van der Waals surface area (Å²) in [6.45, 7) is 4.53. The van der Waals surface area contributed by atoms with Crippen LogP contribution in [0.5, 0.6) is 17.2 Å². The predicted octanol–water partition coefficient (Wildman–Crippen LogP) is 3.07. The lowest BCUT2D eigenvalue weighted by atomic mass is 9.80. The summed E-state index contributed by atoms with van der Waals surface area (Å²) in [5, 5.41) is 19.4. The van der Waals surface area contributed by atoms with E-state index in [9.17, 15) is 9.90 Å². The molecule has 1 heterocycles. The number of fused-ring (bicyclic) bond motifs is 1. The number of phenolic OH excluding ortho intramolecular Hbond substituents is 1. The van der Waals surface area contributed by atoms with Crippen LogP contribution in [0.4, 0.5) is 0 Å². The molecular weight excluding hydrogens is 328 g/mol. The second-order valence-corrected chi connectivity index (χ2v) is 6.27. The van der Waals surface area contributed by atoms with Gasteiger partial charge >= 0.3 is 5.97 Å². The number of benzene rings is 1. The molecule has 0 bridgehead atoms. The third-order valence-corrected chi connectivity index (χ3v) is 3.84. The van der Waals surface area contributed by atoms with E-state index in [0.29, 0.717) is 34.7 Å². The number of halogens is 1. The fraction of sp³-hybridized carbons (Fsp3) is 0.500. The first kappa shape index (κ1) is 15.0. The van der Waals surface area contributed by atoms with Crippen LogP contribution in [0.1, 0.15) is 32.3 Å². The van der Waals surface area contributed by atoms with Crippen LogP contribution in [0.2, 0.25) is 0 Å². The molecule has 1 aliphatic heterocycles. The van der Waals surface area contributed by atoms with E-state index in [4.69, 9.17) is 14.6 Å². The molecule has 20 heavy (non-hydrogen) atoms. The Balaban J connectivity index is 2.61. The smallest absolute Gasteiger partial charge is 0.304 e. The highest BCUT2D eigenvalue weighted by Gasteiger charge is 2.34. The summed E-state index contributed by atoms with van der Waals surface area (Å²) in [6, 6.07) is 1.65. The van der Waals surface area contributed by atoms with Gasteiger partial charge in [0.15, 0.2) is 11.5 Å². The molecule has 0 spiro atoms. The molecule has 0 aliphatic carbocycles. The Labute approximate surface area is 125 Å². The van der Waals surface area contributed by atoms with Crippen molar-refractivity contribution in [3.8, 4) is 17.2 Å². The molecule has 0 aromatic heterocycles. The minimum Gasteiger partial charge on any atom is -0.506 e. The SMILES string of the molecule is CC(C)(CC(=O)O)c1c(O)c(Br)cc2c1OCCCO2. The number of carbonyl (C=O) groups is 1. The molecule has 1 aromatic rings. The van der Waals surface area contributed by atoms with Crippen molar-refractivity contribution in [2.45, 2.75) is 32.1 Å². The minimum absolute atomic E-state index is 0.000463. The largest absolute Gasteiger partial charge is 0.506 e. The zero-order chi connectivity index (χ0) is 14.9. The molecule has 0 amide bonds. The Kier molecular flexibility index (Phi) is 4.13. The van der Waals surface area contributed by atoms with Gasteiger partial charge in [0.1, 0.15) is 5.75 Å². The van der Waals surface area contributed by atoms with Gasteiger partial charge in [0.2, 0.25) is 0 Å². The first-order chi connectivity index (χ1) is 9.33. The molecule has 1 aromatic carbocycles. The standard InChI is InChI=1S/C14H17BrO5/c1-14(2,7-10(16)17)11-12(18)8(15)6-9-13(11)20-5-3-4-19-9/h6,18H,3-5,7H2,1-2H3,(H,16,17). The van der Waals surface area contributed by atoms with Crippen molar-refractivity contribution in [1.29, 1.82) is 0 Å². The zero-order valence-electron chi connectivity index (χ0n) is 11.4. The molecule has 2 rings (SSSR count). The van der Waals surface area contributed by atoms with E-state index < -0.39 is 11.4 Å². The quantitative estimate of drug-likeness (QED) is 0.881. The molecule has 5 nitrogen and oxygen atoms in total. The van der Waals surface area contributed by atoms with Crippen molar-refractivity contribution in [2.75, 3.05) is 13.2 Å². The van der Waals surface area contributed by atoms with Crippen LogP contribution in [0.3, 0.4) is 0 Å². The van der Waals surface area contributed by atoms with Gasteiger partial charge in [-0.1, -0.05) is 13.8 Å².